The van der Waals surface area contributed by atoms with Crippen molar-refractivity contribution < 1.29 is 22.8 Å². The molecule has 1 aromatic heterocycles. The molecule has 0 bridgehead atoms. The molecule has 0 saturated carbocycles. The van der Waals surface area contributed by atoms with Crippen molar-refractivity contribution in [1.82, 2.24) is 14.7 Å². The minimum Gasteiger partial charge on any atom is -0.396 e. The number of alkyl halides is 3. The van der Waals surface area contributed by atoms with E-state index in [9.17, 15) is 22.8 Å². The van der Waals surface area contributed by atoms with E-state index < -0.39 is 34.2 Å². The van der Waals surface area contributed by atoms with Crippen LogP contribution in [0.25, 0.3) is 0 Å². The zero-order valence-electron chi connectivity index (χ0n) is 14.9. The normalized spacial score (nSPS) is 25.7. The van der Waals surface area contributed by atoms with Gasteiger partial charge in [0.15, 0.2) is 11.5 Å². The Labute approximate surface area is 148 Å². The van der Waals surface area contributed by atoms with Crippen molar-refractivity contribution in [2.45, 2.75) is 32.9 Å². The van der Waals surface area contributed by atoms with E-state index in [1.54, 1.807) is 19.9 Å². The van der Waals surface area contributed by atoms with Gasteiger partial charge in [-0.2, -0.15) is 18.3 Å². The quantitative estimate of drug-likeness (QED) is 0.821. The van der Waals surface area contributed by atoms with Gasteiger partial charge in [0.05, 0.1) is 17.5 Å². The van der Waals surface area contributed by atoms with Crippen molar-refractivity contribution >= 4 is 11.7 Å². The minimum absolute atomic E-state index is 0.139. The molecule has 2 N–H and O–H groups in total. The summed E-state index contributed by atoms with van der Waals surface area (Å²) in [4.78, 5) is 26.3. The molecule has 1 aromatic rings. The zero-order chi connectivity index (χ0) is 19.5. The molecule has 3 rings (SSSR count). The largest absolute Gasteiger partial charge is 0.433 e. The van der Waals surface area contributed by atoms with E-state index in [2.05, 4.69) is 5.10 Å². The van der Waals surface area contributed by atoms with Crippen LogP contribution >= 0.6 is 0 Å². The molecule has 1 amide bonds. The predicted molar refractivity (Wildman–Crippen MR) is 86.8 cm³/mol. The van der Waals surface area contributed by atoms with Crippen LogP contribution in [0, 0.1) is 10.8 Å². The number of likely N-dealkylation sites (tertiary alicyclic amines) is 1. The first-order chi connectivity index (χ1) is 11.9. The first-order valence-corrected chi connectivity index (χ1v) is 8.28. The van der Waals surface area contributed by atoms with E-state index in [0.29, 0.717) is 24.1 Å². The molecule has 1 saturated heterocycles. The highest BCUT2D eigenvalue weighted by Gasteiger charge is 2.49. The Morgan fingerprint density at radius 1 is 1.35 bits per heavy atom. The summed E-state index contributed by atoms with van der Waals surface area (Å²) in [7, 11) is 1.16. The molecular formula is C17H21F3N4O2. The maximum Gasteiger partial charge on any atom is 0.433 e. The number of allylic oxidation sites excluding steroid dienone is 1. The molecule has 142 valence electrons. The molecule has 2 aliphatic rings. The molecule has 0 aromatic carbocycles. The molecule has 1 fully saturated rings. The third kappa shape index (κ3) is 2.89. The predicted octanol–water partition coefficient (Wildman–Crippen LogP) is 2.11. The van der Waals surface area contributed by atoms with Crippen LogP contribution in [0.1, 0.15) is 42.7 Å². The number of carbonyl (C=O) groups excluding carboxylic acids is 2. The van der Waals surface area contributed by atoms with E-state index in [0.717, 1.165) is 13.2 Å². The molecule has 26 heavy (non-hydrogen) atoms. The second-order valence-electron chi connectivity index (χ2n) is 7.86. The SMILES string of the molecule is Cn1ncc(C(=O)N2CC[C@]3(C=C(N)C(=O)C(C)(C)C3)C2)c1C(F)(F)F. The summed E-state index contributed by atoms with van der Waals surface area (Å²) in [6.45, 7) is 4.13. The average Bonchev–Trinajstić information content (AvgIpc) is 3.07. The van der Waals surface area contributed by atoms with E-state index in [1.165, 1.54) is 4.90 Å². The summed E-state index contributed by atoms with van der Waals surface area (Å²) in [5.74, 6) is -0.844. The minimum atomic E-state index is -4.67. The Balaban J connectivity index is 1.89. The van der Waals surface area contributed by atoms with Crippen LogP contribution in [0.5, 0.6) is 0 Å². The smallest absolute Gasteiger partial charge is 0.396 e. The third-order valence-corrected chi connectivity index (χ3v) is 5.24. The molecule has 2 heterocycles. The van der Waals surface area contributed by atoms with E-state index >= 15 is 0 Å². The van der Waals surface area contributed by atoms with Gasteiger partial charge in [0.2, 0.25) is 0 Å². The molecule has 9 heteroatoms. The Morgan fingerprint density at radius 2 is 2.00 bits per heavy atom. The summed E-state index contributed by atoms with van der Waals surface area (Å²) in [6.07, 6.45) is -0.978. The summed E-state index contributed by atoms with van der Waals surface area (Å²) < 4.78 is 40.4. The number of amides is 1. The number of hydrogen-bond donors (Lipinski definition) is 1. The zero-order valence-corrected chi connectivity index (χ0v) is 14.9. The fourth-order valence-electron chi connectivity index (χ4n) is 4.23. The molecule has 1 aliphatic carbocycles. The lowest BCUT2D eigenvalue weighted by Crippen LogP contribution is -2.42. The average molecular weight is 370 g/mol. The third-order valence-electron chi connectivity index (χ3n) is 5.24. The van der Waals surface area contributed by atoms with Crippen molar-refractivity contribution in [3.05, 3.63) is 29.2 Å². The second kappa shape index (κ2) is 5.59. The number of hydrogen-bond acceptors (Lipinski definition) is 4. The van der Waals surface area contributed by atoms with Gasteiger partial charge in [-0.3, -0.25) is 14.3 Å². The molecule has 1 spiro atoms. The Hall–Kier alpha value is -2.32. The summed E-state index contributed by atoms with van der Waals surface area (Å²) in [5.41, 5.74) is 3.36. The summed E-state index contributed by atoms with van der Waals surface area (Å²) in [5, 5.41) is 3.60. The van der Waals surface area contributed by atoms with Gasteiger partial charge in [0.1, 0.15) is 0 Å². The number of rotatable bonds is 1. The monoisotopic (exact) mass is 370 g/mol. The number of Topliss-reactive ketones (excluding diaryl/α,β-unsaturated/α-hetero) is 1. The maximum atomic E-state index is 13.2. The number of carbonyl (C=O) groups is 2. The van der Waals surface area contributed by atoms with Crippen molar-refractivity contribution in [2.24, 2.45) is 23.6 Å². The lowest BCUT2D eigenvalue weighted by Gasteiger charge is -2.39. The van der Waals surface area contributed by atoms with Crippen LogP contribution in [0.2, 0.25) is 0 Å². The number of nitrogens with zero attached hydrogens (tertiary/aromatic N) is 3. The number of nitrogens with two attached hydrogens (primary N) is 1. The Bertz CT molecular complexity index is 809. The van der Waals surface area contributed by atoms with Crippen LogP contribution < -0.4 is 5.73 Å². The fraction of sp³-hybridized carbons (Fsp3) is 0.588. The van der Waals surface area contributed by atoms with Crippen molar-refractivity contribution in [3.8, 4) is 0 Å². The van der Waals surface area contributed by atoms with Gasteiger partial charge in [0, 0.05) is 31.0 Å². The van der Waals surface area contributed by atoms with E-state index in [-0.39, 0.29) is 18.0 Å². The molecular weight excluding hydrogens is 349 g/mol. The number of halogens is 3. The van der Waals surface area contributed by atoms with Gasteiger partial charge in [-0.15, -0.1) is 0 Å². The van der Waals surface area contributed by atoms with Gasteiger partial charge >= 0.3 is 6.18 Å². The number of aryl methyl sites for hydroxylation is 1. The molecule has 1 aliphatic heterocycles. The molecule has 1 atom stereocenters. The lowest BCUT2D eigenvalue weighted by atomic mass is 9.65. The van der Waals surface area contributed by atoms with Crippen molar-refractivity contribution in [2.75, 3.05) is 13.1 Å². The van der Waals surface area contributed by atoms with Gasteiger partial charge in [-0.25, -0.2) is 0 Å². The highest BCUT2D eigenvalue weighted by molar-refractivity contribution is 6.00. The summed E-state index contributed by atoms with van der Waals surface area (Å²) in [6, 6.07) is 0. The van der Waals surface area contributed by atoms with Gasteiger partial charge < -0.3 is 10.6 Å². The van der Waals surface area contributed by atoms with Crippen LogP contribution in [-0.2, 0) is 18.0 Å². The lowest BCUT2D eigenvalue weighted by molar-refractivity contribution is -0.144. The van der Waals surface area contributed by atoms with Crippen LogP contribution in [0.15, 0.2) is 18.0 Å². The Morgan fingerprint density at radius 3 is 2.58 bits per heavy atom. The standard InChI is InChI=1S/C17H21F3N4O2/c1-15(2)8-16(6-11(21)13(15)25)4-5-24(9-16)14(26)10-7-22-23(3)12(10)17(18,19)20/h6-7H,4-5,8-9,21H2,1-3H3/t16-/m1/s1. The van der Waals surface area contributed by atoms with Gasteiger partial charge in [-0.05, 0) is 18.9 Å². The number of ketones is 1. The maximum absolute atomic E-state index is 13.2. The van der Waals surface area contributed by atoms with Crippen LogP contribution in [0.4, 0.5) is 13.2 Å². The highest BCUT2D eigenvalue weighted by Crippen LogP contribution is 2.47. The summed E-state index contributed by atoms with van der Waals surface area (Å²) >= 11 is 0. The topological polar surface area (TPSA) is 81.2 Å². The molecule has 0 radical (unpaired) electrons. The molecule has 6 nitrogen and oxygen atoms in total. The van der Waals surface area contributed by atoms with Gasteiger partial charge in [0.25, 0.3) is 5.91 Å². The first kappa shape index (κ1) is 18.5. The second-order valence-corrected chi connectivity index (χ2v) is 7.86. The van der Waals surface area contributed by atoms with Gasteiger partial charge in [-0.1, -0.05) is 13.8 Å². The van der Waals surface area contributed by atoms with Crippen LogP contribution in [0.3, 0.4) is 0 Å². The Kier molecular flexibility index (Phi) is 3.97. The van der Waals surface area contributed by atoms with Crippen molar-refractivity contribution in [1.29, 1.82) is 0 Å². The fourth-order valence-corrected chi connectivity index (χ4v) is 4.23. The molecule has 0 unspecified atom stereocenters. The highest BCUT2D eigenvalue weighted by atomic mass is 19.4. The van der Waals surface area contributed by atoms with E-state index in [4.69, 9.17) is 5.73 Å². The van der Waals surface area contributed by atoms with Crippen LogP contribution in [-0.4, -0.2) is 39.5 Å². The van der Waals surface area contributed by atoms with E-state index in [1.807, 2.05) is 0 Å². The number of aromatic nitrogens is 2. The van der Waals surface area contributed by atoms with Crippen molar-refractivity contribution in [3.63, 3.8) is 0 Å². The first-order valence-electron chi connectivity index (χ1n) is 8.28.